The van der Waals surface area contributed by atoms with Gasteiger partial charge in [0.15, 0.2) is 5.76 Å². The Morgan fingerprint density at radius 1 is 1.39 bits per heavy atom. The van der Waals surface area contributed by atoms with E-state index in [1.807, 2.05) is 0 Å². The Bertz CT molecular complexity index is 688. The number of sulfonamides is 1. The smallest absolute Gasteiger partial charge is 0.323 e. The Labute approximate surface area is 134 Å². The fourth-order valence-electron chi connectivity index (χ4n) is 2.72. The Hall–Kier alpha value is -1.87. The van der Waals surface area contributed by atoms with E-state index in [2.05, 4.69) is 0 Å². The minimum atomic E-state index is -3.27. The Kier molecular flexibility index (Phi) is 5.10. The van der Waals surface area contributed by atoms with Crippen LogP contribution in [0.2, 0.25) is 0 Å². The summed E-state index contributed by atoms with van der Waals surface area (Å²) in [6, 6.07) is 1.31. The van der Waals surface area contributed by atoms with E-state index in [1.165, 1.54) is 15.5 Å². The van der Waals surface area contributed by atoms with Gasteiger partial charge in [0.1, 0.15) is 6.54 Å². The highest BCUT2D eigenvalue weighted by Gasteiger charge is 2.33. The van der Waals surface area contributed by atoms with Gasteiger partial charge < -0.3 is 14.4 Å². The molecule has 0 unspecified atom stereocenters. The summed E-state index contributed by atoms with van der Waals surface area (Å²) in [5.41, 5.74) is 0.638. The predicted octanol–water partition coefficient (Wildman–Crippen LogP) is 0.539. The van der Waals surface area contributed by atoms with Gasteiger partial charge in [-0.05, 0) is 25.8 Å². The van der Waals surface area contributed by atoms with Crippen molar-refractivity contribution in [2.75, 3.05) is 25.9 Å². The second-order valence-electron chi connectivity index (χ2n) is 5.65. The van der Waals surface area contributed by atoms with Crippen LogP contribution in [0.3, 0.4) is 0 Å². The van der Waals surface area contributed by atoms with E-state index >= 15 is 0 Å². The molecule has 0 aromatic carbocycles. The standard InChI is InChI=1S/C14H20N2O6S/c1-10-5-8-22-13(10)14(19)16(9-12(17)18)11-3-6-15(7-4-11)23(2,20)21/h5,8,11H,3-4,6-7,9H2,1-2H3,(H,17,18). The molecule has 1 aromatic rings. The fourth-order valence-corrected chi connectivity index (χ4v) is 3.59. The third-order valence-corrected chi connectivity index (χ3v) is 5.26. The zero-order valence-electron chi connectivity index (χ0n) is 13.1. The molecular weight excluding hydrogens is 324 g/mol. The molecule has 2 rings (SSSR count). The van der Waals surface area contributed by atoms with Crippen molar-refractivity contribution in [2.45, 2.75) is 25.8 Å². The highest BCUT2D eigenvalue weighted by atomic mass is 32.2. The van der Waals surface area contributed by atoms with Crippen molar-refractivity contribution in [3.8, 4) is 0 Å². The summed E-state index contributed by atoms with van der Waals surface area (Å²) >= 11 is 0. The molecule has 0 aliphatic carbocycles. The van der Waals surface area contributed by atoms with E-state index < -0.39 is 28.4 Å². The number of rotatable bonds is 5. The van der Waals surface area contributed by atoms with E-state index in [4.69, 9.17) is 9.52 Å². The maximum Gasteiger partial charge on any atom is 0.323 e. The summed E-state index contributed by atoms with van der Waals surface area (Å²) in [5, 5.41) is 9.08. The number of hydrogen-bond donors (Lipinski definition) is 1. The maximum atomic E-state index is 12.6. The Morgan fingerprint density at radius 2 is 2.00 bits per heavy atom. The maximum absolute atomic E-state index is 12.6. The predicted molar refractivity (Wildman–Crippen MR) is 81.6 cm³/mol. The van der Waals surface area contributed by atoms with Gasteiger partial charge >= 0.3 is 5.97 Å². The molecule has 0 spiro atoms. The average molecular weight is 344 g/mol. The first-order chi connectivity index (χ1) is 10.7. The summed E-state index contributed by atoms with van der Waals surface area (Å²) in [7, 11) is -3.27. The van der Waals surface area contributed by atoms with Gasteiger partial charge in [-0.3, -0.25) is 9.59 Å². The SMILES string of the molecule is Cc1ccoc1C(=O)N(CC(=O)O)C1CCN(S(C)(=O)=O)CC1. The molecule has 1 fully saturated rings. The van der Waals surface area contributed by atoms with E-state index in [0.29, 0.717) is 18.4 Å². The van der Waals surface area contributed by atoms with Crippen molar-refractivity contribution in [3.63, 3.8) is 0 Å². The van der Waals surface area contributed by atoms with Crippen molar-refractivity contribution in [1.29, 1.82) is 0 Å². The van der Waals surface area contributed by atoms with E-state index in [9.17, 15) is 18.0 Å². The van der Waals surface area contributed by atoms with Crippen LogP contribution < -0.4 is 0 Å². The molecule has 1 amide bonds. The van der Waals surface area contributed by atoms with Gasteiger partial charge in [-0.15, -0.1) is 0 Å². The minimum Gasteiger partial charge on any atom is -0.480 e. The molecule has 1 aromatic heterocycles. The number of nitrogens with zero attached hydrogens (tertiary/aromatic N) is 2. The van der Waals surface area contributed by atoms with Gasteiger partial charge in [0, 0.05) is 24.7 Å². The lowest BCUT2D eigenvalue weighted by Gasteiger charge is -2.36. The minimum absolute atomic E-state index is 0.122. The molecule has 9 heteroatoms. The highest BCUT2D eigenvalue weighted by molar-refractivity contribution is 7.88. The zero-order chi connectivity index (χ0) is 17.2. The third-order valence-electron chi connectivity index (χ3n) is 3.96. The molecule has 0 saturated carbocycles. The molecule has 0 bridgehead atoms. The lowest BCUT2D eigenvalue weighted by Crippen LogP contribution is -2.50. The van der Waals surface area contributed by atoms with Gasteiger partial charge in [0.05, 0.1) is 12.5 Å². The third kappa shape index (κ3) is 4.11. The van der Waals surface area contributed by atoms with E-state index in [0.717, 1.165) is 6.26 Å². The molecule has 0 atom stereocenters. The van der Waals surface area contributed by atoms with Crippen LogP contribution in [0.25, 0.3) is 0 Å². The second-order valence-corrected chi connectivity index (χ2v) is 7.64. The first kappa shape index (κ1) is 17.5. The van der Waals surface area contributed by atoms with Crippen molar-refractivity contribution < 1.29 is 27.5 Å². The molecule has 1 aliphatic heterocycles. The van der Waals surface area contributed by atoms with Gasteiger partial charge in [0.2, 0.25) is 10.0 Å². The van der Waals surface area contributed by atoms with Gasteiger partial charge in [0.25, 0.3) is 5.91 Å². The van der Waals surface area contributed by atoms with E-state index in [1.54, 1.807) is 13.0 Å². The fraction of sp³-hybridized carbons (Fsp3) is 0.571. The van der Waals surface area contributed by atoms with Crippen LogP contribution in [0.4, 0.5) is 0 Å². The molecule has 1 N–H and O–H groups in total. The van der Waals surface area contributed by atoms with Gasteiger partial charge in [-0.1, -0.05) is 0 Å². The Balaban J connectivity index is 2.15. The van der Waals surface area contributed by atoms with Crippen molar-refractivity contribution >= 4 is 21.9 Å². The average Bonchev–Trinajstić information content (AvgIpc) is 2.89. The lowest BCUT2D eigenvalue weighted by molar-refractivity contribution is -0.138. The molecule has 2 heterocycles. The normalized spacial score (nSPS) is 17.1. The van der Waals surface area contributed by atoms with Gasteiger partial charge in [-0.2, -0.15) is 0 Å². The summed E-state index contributed by atoms with van der Waals surface area (Å²) in [6.45, 7) is 1.80. The summed E-state index contributed by atoms with van der Waals surface area (Å²) in [6.07, 6.45) is 3.31. The van der Waals surface area contributed by atoms with Crippen LogP contribution in [0.15, 0.2) is 16.7 Å². The largest absolute Gasteiger partial charge is 0.480 e. The van der Waals surface area contributed by atoms with Crippen LogP contribution in [-0.2, 0) is 14.8 Å². The molecule has 0 radical (unpaired) electrons. The number of carbonyl (C=O) groups excluding carboxylic acids is 1. The first-order valence-electron chi connectivity index (χ1n) is 7.22. The summed E-state index contributed by atoms with van der Waals surface area (Å²) in [4.78, 5) is 24.9. The molecule has 8 nitrogen and oxygen atoms in total. The molecule has 23 heavy (non-hydrogen) atoms. The topological polar surface area (TPSA) is 108 Å². The van der Waals surface area contributed by atoms with Crippen molar-refractivity contribution in [1.82, 2.24) is 9.21 Å². The van der Waals surface area contributed by atoms with Crippen LogP contribution in [0.5, 0.6) is 0 Å². The highest BCUT2D eigenvalue weighted by Crippen LogP contribution is 2.22. The zero-order valence-corrected chi connectivity index (χ0v) is 13.9. The van der Waals surface area contributed by atoms with Crippen molar-refractivity contribution in [2.24, 2.45) is 0 Å². The van der Waals surface area contributed by atoms with Gasteiger partial charge in [-0.25, -0.2) is 12.7 Å². The lowest BCUT2D eigenvalue weighted by atomic mass is 10.0. The van der Waals surface area contributed by atoms with Crippen LogP contribution in [0, 0.1) is 6.92 Å². The monoisotopic (exact) mass is 344 g/mol. The number of carbonyl (C=O) groups is 2. The summed E-state index contributed by atoms with van der Waals surface area (Å²) < 4.78 is 29.6. The molecule has 1 saturated heterocycles. The number of piperidine rings is 1. The second kappa shape index (κ2) is 6.71. The van der Waals surface area contributed by atoms with E-state index in [-0.39, 0.29) is 24.9 Å². The van der Waals surface area contributed by atoms with Crippen LogP contribution >= 0.6 is 0 Å². The molecular formula is C14H20N2O6S. The van der Waals surface area contributed by atoms with Crippen molar-refractivity contribution in [3.05, 3.63) is 23.7 Å². The number of aliphatic carboxylic acids is 1. The number of carboxylic acid groups (broad SMARTS) is 1. The first-order valence-corrected chi connectivity index (χ1v) is 9.07. The number of carboxylic acids is 1. The molecule has 128 valence electrons. The van der Waals surface area contributed by atoms with Crippen LogP contribution in [0.1, 0.15) is 29.0 Å². The Morgan fingerprint density at radius 3 is 2.43 bits per heavy atom. The number of hydrogen-bond acceptors (Lipinski definition) is 5. The summed E-state index contributed by atoms with van der Waals surface area (Å²) in [5.74, 6) is -1.47. The number of amides is 1. The number of furan rings is 1. The van der Waals surface area contributed by atoms with Crippen LogP contribution in [-0.4, -0.2) is 66.5 Å². The quantitative estimate of drug-likeness (QED) is 0.835. The number of aryl methyl sites for hydroxylation is 1. The molecule has 1 aliphatic rings.